The highest BCUT2D eigenvalue weighted by Crippen LogP contribution is 2.36. The van der Waals surface area contributed by atoms with Crippen LogP contribution in [-0.4, -0.2) is 74.3 Å². The molecular weight excluding hydrogens is 1070 g/mol. The van der Waals surface area contributed by atoms with Gasteiger partial charge in [-0.2, -0.15) is 0 Å². The maximum atomic E-state index is 7.38. The van der Waals surface area contributed by atoms with Crippen molar-refractivity contribution >= 4 is 0 Å². The molecular formula is C76H78O10. The van der Waals surface area contributed by atoms with E-state index < -0.39 is 61.0 Å². The van der Waals surface area contributed by atoms with Crippen molar-refractivity contribution in [2.45, 2.75) is 127 Å². The molecule has 2 heterocycles. The highest BCUT2D eigenvalue weighted by molar-refractivity contribution is 5.27. The van der Waals surface area contributed by atoms with E-state index in [1.54, 1.807) is 0 Å². The van der Waals surface area contributed by atoms with Crippen LogP contribution in [-0.2, 0) is 113 Å². The lowest BCUT2D eigenvalue weighted by Gasteiger charge is -2.46. The van der Waals surface area contributed by atoms with Crippen molar-refractivity contribution < 1.29 is 47.4 Å². The fourth-order valence-electron chi connectivity index (χ4n) is 11.4. The summed E-state index contributed by atoms with van der Waals surface area (Å²) in [5, 5.41) is 0. The van der Waals surface area contributed by atoms with Crippen LogP contribution in [0.2, 0.25) is 0 Å². The largest absolute Gasteiger partial charge is 0.374 e. The van der Waals surface area contributed by atoms with Crippen LogP contribution in [0.3, 0.4) is 0 Å². The zero-order valence-electron chi connectivity index (χ0n) is 48.7. The normalized spacial score (nSPS) is 22.1. The number of hydrogen-bond donors (Lipinski definition) is 0. The van der Waals surface area contributed by atoms with Gasteiger partial charge in [0.1, 0.15) is 48.8 Å². The van der Waals surface area contributed by atoms with Gasteiger partial charge in [-0.15, -0.1) is 0 Å². The third-order valence-corrected chi connectivity index (χ3v) is 15.8. The summed E-state index contributed by atoms with van der Waals surface area (Å²) in [4.78, 5) is 0. The zero-order chi connectivity index (χ0) is 58.2. The topological polar surface area (TPSA) is 92.3 Å². The number of hydrogen-bond acceptors (Lipinski definition) is 10. The molecule has 9 aromatic carbocycles. The summed E-state index contributed by atoms with van der Waals surface area (Å²) in [6, 6.07) is 90.8. The van der Waals surface area contributed by atoms with Crippen LogP contribution in [0.1, 0.15) is 55.6 Å². The van der Waals surface area contributed by atoms with Crippen LogP contribution < -0.4 is 0 Å². The van der Waals surface area contributed by atoms with Crippen molar-refractivity contribution in [3.8, 4) is 0 Å². The van der Waals surface area contributed by atoms with E-state index in [0.29, 0.717) is 65.7 Å². The van der Waals surface area contributed by atoms with Gasteiger partial charge in [-0.25, -0.2) is 0 Å². The van der Waals surface area contributed by atoms with Crippen LogP contribution in [0.5, 0.6) is 0 Å². The quantitative estimate of drug-likeness (QED) is 0.0433. The molecule has 9 aromatic rings. The standard InChI is InChI=1S/C76H78O10/c1-9-26-57(27-10-1)47-77-55-69-73(81-51-61-34-17-5-18-35-61)75(83-53-63-38-21-7-22-39-63)71(79-49-59-30-13-3-14-31-59)67(85-69)45-65-42-25-43-66(44-65)46-68-72(80-50-60-32-15-4-16-33-60)76(84-54-64-40-23-8-24-41-64)74(82-52-62-36-19-6-20-37-62)70(86-68)56-78-48-58-28-11-2-12-29-58/h1-44,67-76H,45-56H2/t67-,68-,69+,70+,71-,72-,73+,74+,75+,76+/m0/s1. The molecule has 0 radical (unpaired) electrons. The summed E-state index contributed by atoms with van der Waals surface area (Å²) >= 11 is 0. The summed E-state index contributed by atoms with van der Waals surface area (Å²) in [6.45, 7) is 3.47. The van der Waals surface area contributed by atoms with Gasteiger partial charge in [0.15, 0.2) is 0 Å². The maximum Gasteiger partial charge on any atom is 0.115 e. The average Bonchev–Trinajstić information content (AvgIpc) is 2.87. The van der Waals surface area contributed by atoms with Crippen molar-refractivity contribution in [1.82, 2.24) is 0 Å². The van der Waals surface area contributed by atoms with Crippen molar-refractivity contribution in [2.75, 3.05) is 13.2 Å². The SMILES string of the molecule is c1ccc(COC[C@H]2O[C@@H](Cc3cccc(C[C@@H]4O[C@H](COCc5ccccc5)[C@@H](OCc5ccccc5)[C@H](OCc5ccccc5)[C@H]4OCc4ccccc4)c3)[C@H](OCc3ccccc3)[C@@H](OCc3ccccc3)[C@@H]2OCc2ccccc2)cc1. The molecule has 0 unspecified atom stereocenters. The third-order valence-electron chi connectivity index (χ3n) is 15.8. The van der Waals surface area contributed by atoms with Crippen LogP contribution in [0.25, 0.3) is 0 Å². The Labute approximate surface area is 507 Å². The zero-order valence-corrected chi connectivity index (χ0v) is 48.7. The molecule has 0 spiro atoms. The number of rotatable bonds is 30. The molecule has 10 heteroatoms. The van der Waals surface area contributed by atoms with Crippen LogP contribution >= 0.6 is 0 Å². The molecule has 0 bridgehead atoms. The fourth-order valence-corrected chi connectivity index (χ4v) is 11.4. The molecule has 2 aliphatic rings. The molecule has 86 heavy (non-hydrogen) atoms. The lowest BCUT2D eigenvalue weighted by Crippen LogP contribution is -2.61. The molecule has 2 aliphatic heterocycles. The van der Waals surface area contributed by atoms with Crippen LogP contribution in [0, 0.1) is 0 Å². The monoisotopic (exact) mass is 1150 g/mol. The smallest absolute Gasteiger partial charge is 0.115 e. The van der Waals surface area contributed by atoms with Gasteiger partial charge in [-0.05, 0) is 55.6 Å². The molecule has 0 aromatic heterocycles. The van der Waals surface area contributed by atoms with Crippen LogP contribution in [0.15, 0.2) is 267 Å². The highest BCUT2D eigenvalue weighted by Gasteiger charge is 2.50. The molecule has 2 saturated heterocycles. The second kappa shape index (κ2) is 32.4. The molecule has 0 saturated carbocycles. The fraction of sp³-hybridized carbons (Fsp3) is 0.289. The molecule has 0 N–H and O–H groups in total. The summed E-state index contributed by atoms with van der Waals surface area (Å²) < 4.78 is 70.5. The lowest BCUT2D eigenvalue weighted by atomic mass is 9.88. The van der Waals surface area contributed by atoms with Gasteiger partial charge in [0.05, 0.1) is 78.3 Å². The van der Waals surface area contributed by atoms with Crippen molar-refractivity contribution in [3.05, 3.63) is 323 Å². The van der Waals surface area contributed by atoms with E-state index in [1.165, 1.54) is 0 Å². The first-order valence-corrected chi connectivity index (χ1v) is 30.2. The molecule has 11 rings (SSSR count). The Morgan fingerprint density at radius 2 is 0.419 bits per heavy atom. The first-order valence-electron chi connectivity index (χ1n) is 30.2. The van der Waals surface area contributed by atoms with E-state index in [0.717, 1.165) is 55.6 Å². The first kappa shape index (κ1) is 60.3. The van der Waals surface area contributed by atoms with Gasteiger partial charge < -0.3 is 47.4 Å². The molecule has 10 atom stereocenters. The van der Waals surface area contributed by atoms with Crippen molar-refractivity contribution in [2.24, 2.45) is 0 Å². The Balaban J connectivity index is 0.921. The predicted molar refractivity (Wildman–Crippen MR) is 333 cm³/mol. The van der Waals surface area contributed by atoms with Crippen molar-refractivity contribution in [1.29, 1.82) is 0 Å². The number of ether oxygens (including phenoxy) is 10. The minimum Gasteiger partial charge on any atom is -0.374 e. The second-order valence-electron chi connectivity index (χ2n) is 22.2. The van der Waals surface area contributed by atoms with E-state index >= 15 is 0 Å². The molecule has 442 valence electrons. The van der Waals surface area contributed by atoms with Gasteiger partial charge in [0, 0.05) is 12.8 Å². The van der Waals surface area contributed by atoms with E-state index in [1.807, 2.05) is 146 Å². The Hall–Kier alpha value is -7.42. The summed E-state index contributed by atoms with van der Waals surface area (Å²) in [5.41, 5.74) is 10.6. The predicted octanol–water partition coefficient (Wildman–Crippen LogP) is 14.3. The summed E-state index contributed by atoms with van der Waals surface area (Å²) in [6.07, 6.45) is -4.32. The Kier molecular flexibility index (Phi) is 22.7. The Morgan fingerprint density at radius 1 is 0.209 bits per heavy atom. The highest BCUT2D eigenvalue weighted by atomic mass is 16.6. The van der Waals surface area contributed by atoms with Crippen LogP contribution in [0.4, 0.5) is 0 Å². The average molecular weight is 1150 g/mol. The third kappa shape index (κ3) is 17.8. The molecule has 0 aliphatic carbocycles. The first-order chi connectivity index (χ1) is 42.6. The van der Waals surface area contributed by atoms with E-state index in [2.05, 4.69) is 121 Å². The number of benzene rings is 9. The van der Waals surface area contributed by atoms with E-state index in [4.69, 9.17) is 47.4 Å². The molecule has 10 nitrogen and oxygen atoms in total. The Morgan fingerprint density at radius 3 is 0.674 bits per heavy atom. The minimum atomic E-state index is -0.559. The molecule has 2 fully saturated rings. The second-order valence-corrected chi connectivity index (χ2v) is 22.2. The Bertz CT molecular complexity index is 3070. The maximum absolute atomic E-state index is 7.38. The van der Waals surface area contributed by atoms with Gasteiger partial charge in [-0.1, -0.05) is 267 Å². The van der Waals surface area contributed by atoms with Crippen molar-refractivity contribution in [3.63, 3.8) is 0 Å². The van der Waals surface area contributed by atoms with Gasteiger partial charge in [0.2, 0.25) is 0 Å². The summed E-state index contributed by atoms with van der Waals surface area (Å²) in [7, 11) is 0. The van der Waals surface area contributed by atoms with E-state index in [9.17, 15) is 0 Å². The van der Waals surface area contributed by atoms with E-state index in [-0.39, 0.29) is 13.2 Å². The summed E-state index contributed by atoms with van der Waals surface area (Å²) in [5.74, 6) is 0. The minimum absolute atomic E-state index is 0.269. The molecule has 0 amide bonds. The van der Waals surface area contributed by atoms with Gasteiger partial charge in [0.25, 0.3) is 0 Å². The van der Waals surface area contributed by atoms with Gasteiger partial charge >= 0.3 is 0 Å². The lowest BCUT2D eigenvalue weighted by molar-refractivity contribution is -0.272. The van der Waals surface area contributed by atoms with Gasteiger partial charge in [-0.3, -0.25) is 0 Å².